The van der Waals surface area contributed by atoms with Gasteiger partial charge in [-0.3, -0.25) is 0 Å². The summed E-state index contributed by atoms with van der Waals surface area (Å²) in [6, 6.07) is 10.1. The topological polar surface area (TPSA) is 55.1 Å². The third-order valence-electron chi connectivity index (χ3n) is 2.97. The molecule has 0 radical (unpaired) electrons. The number of nitrogens with zero attached hydrogens (tertiary/aromatic N) is 2. The molecule has 0 amide bonds. The minimum absolute atomic E-state index is 0.145. The molecule has 1 aromatic heterocycles. The van der Waals surface area contributed by atoms with E-state index in [0.29, 0.717) is 6.04 Å². The summed E-state index contributed by atoms with van der Waals surface area (Å²) in [4.78, 5) is 15.1. The van der Waals surface area contributed by atoms with Crippen molar-refractivity contribution >= 4 is 5.97 Å². The van der Waals surface area contributed by atoms with Gasteiger partial charge in [-0.15, -0.1) is 0 Å². The van der Waals surface area contributed by atoms with E-state index in [2.05, 4.69) is 4.98 Å². The molecule has 0 unspecified atom stereocenters. The van der Waals surface area contributed by atoms with Crippen LogP contribution in [0.3, 0.4) is 0 Å². The number of aromatic nitrogens is 2. The molecule has 0 aliphatic heterocycles. The predicted octanol–water partition coefficient (Wildman–Crippen LogP) is 2.58. The van der Waals surface area contributed by atoms with E-state index in [0.717, 1.165) is 24.1 Å². The second kappa shape index (κ2) is 3.73. The number of hydrogen-bond acceptors (Lipinski definition) is 2. The first kappa shape index (κ1) is 10.1. The minimum atomic E-state index is -0.959. The van der Waals surface area contributed by atoms with Gasteiger partial charge < -0.3 is 9.67 Å². The average molecular weight is 228 g/mol. The fourth-order valence-corrected chi connectivity index (χ4v) is 2.04. The number of benzene rings is 1. The molecular weight excluding hydrogens is 216 g/mol. The highest BCUT2D eigenvalue weighted by Gasteiger charge is 2.30. The molecule has 1 heterocycles. The van der Waals surface area contributed by atoms with Gasteiger partial charge in [0.1, 0.15) is 0 Å². The highest BCUT2D eigenvalue weighted by Crippen LogP contribution is 2.39. The standard InChI is InChI=1S/C13H12N2O2/c16-13(17)12-14-8-11(15(12)10-6-7-10)9-4-2-1-3-5-9/h1-5,8,10H,6-7H2,(H,16,17). The van der Waals surface area contributed by atoms with Gasteiger partial charge in [0.2, 0.25) is 5.82 Å². The Balaban J connectivity index is 2.14. The Morgan fingerprint density at radius 3 is 2.59 bits per heavy atom. The number of carboxylic acids is 1. The molecule has 0 spiro atoms. The van der Waals surface area contributed by atoms with Gasteiger partial charge in [-0.1, -0.05) is 30.3 Å². The van der Waals surface area contributed by atoms with Crippen LogP contribution in [-0.2, 0) is 0 Å². The summed E-state index contributed by atoms with van der Waals surface area (Å²) >= 11 is 0. The first-order valence-electron chi connectivity index (χ1n) is 5.63. The highest BCUT2D eigenvalue weighted by atomic mass is 16.4. The van der Waals surface area contributed by atoms with Crippen LogP contribution in [0.2, 0.25) is 0 Å². The number of carboxylic acid groups (broad SMARTS) is 1. The van der Waals surface area contributed by atoms with E-state index in [9.17, 15) is 4.79 Å². The van der Waals surface area contributed by atoms with Gasteiger partial charge >= 0.3 is 5.97 Å². The van der Waals surface area contributed by atoms with Gasteiger partial charge in [0, 0.05) is 6.04 Å². The second-order valence-electron chi connectivity index (χ2n) is 4.24. The largest absolute Gasteiger partial charge is 0.475 e. The zero-order chi connectivity index (χ0) is 11.8. The van der Waals surface area contributed by atoms with Crippen LogP contribution >= 0.6 is 0 Å². The van der Waals surface area contributed by atoms with Crippen molar-refractivity contribution < 1.29 is 9.90 Å². The van der Waals surface area contributed by atoms with Crippen molar-refractivity contribution in [3.63, 3.8) is 0 Å². The van der Waals surface area contributed by atoms with Crippen LogP contribution in [0.1, 0.15) is 29.5 Å². The Morgan fingerprint density at radius 2 is 2.00 bits per heavy atom. The lowest BCUT2D eigenvalue weighted by Gasteiger charge is -2.08. The van der Waals surface area contributed by atoms with Gasteiger partial charge in [0.05, 0.1) is 11.9 Å². The van der Waals surface area contributed by atoms with Crippen LogP contribution in [-0.4, -0.2) is 20.6 Å². The maximum atomic E-state index is 11.1. The molecule has 0 atom stereocenters. The van der Waals surface area contributed by atoms with E-state index in [1.54, 1.807) is 6.20 Å². The fourth-order valence-electron chi connectivity index (χ4n) is 2.04. The zero-order valence-electron chi connectivity index (χ0n) is 9.21. The van der Waals surface area contributed by atoms with Crippen LogP contribution in [0.15, 0.2) is 36.5 Å². The summed E-state index contributed by atoms with van der Waals surface area (Å²) in [7, 11) is 0. The van der Waals surface area contributed by atoms with Crippen molar-refractivity contribution in [2.75, 3.05) is 0 Å². The van der Waals surface area contributed by atoms with Gasteiger partial charge in [-0.25, -0.2) is 9.78 Å². The molecule has 1 N–H and O–H groups in total. The molecule has 1 aromatic carbocycles. The lowest BCUT2D eigenvalue weighted by atomic mass is 10.2. The third-order valence-corrected chi connectivity index (χ3v) is 2.97. The van der Waals surface area contributed by atoms with Crippen molar-refractivity contribution in [1.82, 2.24) is 9.55 Å². The van der Waals surface area contributed by atoms with E-state index in [1.165, 1.54) is 0 Å². The van der Waals surface area contributed by atoms with Crippen LogP contribution < -0.4 is 0 Å². The molecule has 86 valence electrons. The first-order chi connectivity index (χ1) is 8.27. The van der Waals surface area contributed by atoms with Crippen molar-refractivity contribution in [3.8, 4) is 11.3 Å². The molecule has 2 aromatic rings. The van der Waals surface area contributed by atoms with E-state index in [4.69, 9.17) is 5.11 Å². The van der Waals surface area contributed by atoms with Crippen molar-refractivity contribution in [3.05, 3.63) is 42.4 Å². The predicted molar refractivity (Wildman–Crippen MR) is 62.9 cm³/mol. The molecule has 0 saturated heterocycles. The molecule has 1 aliphatic rings. The molecule has 1 aliphatic carbocycles. The fraction of sp³-hybridized carbons (Fsp3) is 0.231. The van der Waals surface area contributed by atoms with E-state index >= 15 is 0 Å². The maximum Gasteiger partial charge on any atom is 0.372 e. The number of aromatic carboxylic acids is 1. The highest BCUT2D eigenvalue weighted by molar-refractivity contribution is 5.85. The van der Waals surface area contributed by atoms with Gasteiger partial charge in [0.15, 0.2) is 0 Å². The monoisotopic (exact) mass is 228 g/mol. The molecule has 4 heteroatoms. The summed E-state index contributed by atoms with van der Waals surface area (Å²) in [5.41, 5.74) is 1.91. The Hall–Kier alpha value is -2.10. The Kier molecular flexibility index (Phi) is 2.21. The van der Waals surface area contributed by atoms with E-state index < -0.39 is 5.97 Å². The number of rotatable bonds is 3. The summed E-state index contributed by atoms with van der Waals surface area (Å²) in [6.45, 7) is 0. The average Bonchev–Trinajstić information content (AvgIpc) is 3.08. The summed E-state index contributed by atoms with van der Waals surface area (Å²) in [5, 5.41) is 9.12. The maximum absolute atomic E-state index is 11.1. The van der Waals surface area contributed by atoms with Gasteiger partial charge in [-0.2, -0.15) is 0 Å². The SMILES string of the molecule is O=C(O)c1ncc(-c2ccccc2)n1C1CC1. The molecule has 3 rings (SSSR count). The third kappa shape index (κ3) is 1.71. The molecule has 0 bridgehead atoms. The minimum Gasteiger partial charge on any atom is -0.475 e. The molecule has 1 saturated carbocycles. The summed E-state index contributed by atoms with van der Waals surface area (Å²) in [6.07, 6.45) is 3.73. The quantitative estimate of drug-likeness (QED) is 0.878. The molecular formula is C13H12N2O2. The van der Waals surface area contributed by atoms with Crippen LogP contribution in [0.5, 0.6) is 0 Å². The Morgan fingerprint density at radius 1 is 1.29 bits per heavy atom. The smallest absolute Gasteiger partial charge is 0.372 e. The first-order valence-corrected chi connectivity index (χ1v) is 5.63. The van der Waals surface area contributed by atoms with Crippen molar-refractivity contribution in [2.24, 2.45) is 0 Å². The van der Waals surface area contributed by atoms with E-state index in [1.807, 2.05) is 34.9 Å². The Bertz CT molecular complexity index is 556. The molecule has 17 heavy (non-hydrogen) atoms. The van der Waals surface area contributed by atoms with Crippen LogP contribution in [0, 0.1) is 0 Å². The summed E-state index contributed by atoms with van der Waals surface area (Å²) < 4.78 is 1.84. The summed E-state index contributed by atoms with van der Waals surface area (Å²) in [5.74, 6) is -0.814. The van der Waals surface area contributed by atoms with Gasteiger partial charge in [-0.05, 0) is 18.4 Å². The lowest BCUT2D eigenvalue weighted by Crippen LogP contribution is -2.09. The van der Waals surface area contributed by atoms with E-state index in [-0.39, 0.29) is 5.82 Å². The van der Waals surface area contributed by atoms with Crippen molar-refractivity contribution in [1.29, 1.82) is 0 Å². The molecule has 1 fully saturated rings. The van der Waals surface area contributed by atoms with Crippen LogP contribution in [0.25, 0.3) is 11.3 Å². The number of carbonyl (C=O) groups is 1. The number of hydrogen-bond donors (Lipinski definition) is 1. The molecule has 4 nitrogen and oxygen atoms in total. The Labute approximate surface area is 98.5 Å². The van der Waals surface area contributed by atoms with Crippen molar-refractivity contribution in [2.45, 2.75) is 18.9 Å². The zero-order valence-corrected chi connectivity index (χ0v) is 9.21. The second-order valence-corrected chi connectivity index (χ2v) is 4.24. The van der Waals surface area contributed by atoms with Gasteiger partial charge in [0.25, 0.3) is 0 Å². The van der Waals surface area contributed by atoms with Crippen LogP contribution in [0.4, 0.5) is 0 Å². The number of imidazole rings is 1. The normalized spacial score (nSPS) is 14.8. The lowest BCUT2D eigenvalue weighted by molar-refractivity contribution is 0.0678.